The molecule has 1 aromatic carbocycles. The molecule has 4 heteroatoms. The molecule has 0 amide bonds. The summed E-state index contributed by atoms with van der Waals surface area (Å²) in [6, 6.07) is 7.24. The molecule has 0 aliphatic rings. The van der Waals surface area contributed by atoms with E-state index in [9.17, 15) is 4.39 Å². The summed E-state index contributed by atoms with van der Waals surface area (Å²) in [4.78, 5) is 0. The number of benzene rings is 1. The minimum Gasteiger partial charge on any atom is -0.323 e. The van der Waals surface area contributed by atoms with E-state index in [-0.39, 0.29) is 12.0 Å². The molecule has 0 radical (unpaired) electrons. The van der Waals surface area contributed by atoms with Gasteiger partial charge in [0, 0.05) is 6.04 Å². The Morgan fingerprint density at radius 3 is 2.71 bits per heavy atom. The monoisotopic (exact) mass is 189 g/mol. The molecule has 0 saturated carbocycles. The van der Waals surface area contributed by atoms with E-state index in [1.165, 1.54) is 12.1 Å². The van der Waals surface area contributed by atoms with E-state index < -0.39 is 11.9 Å². The van der Waals surface area contributed by atoms with Crippen molar-refractivity contribution in [2.75, 3.05) is 0 Å². The molecule has 0 aliphatic carbocycles. The summed E-state index contributed by atoms with van der Waals surface area (Å²) >= 11 is 0. The van der Waals surface area contributed by atoms with Gasteiger partial charge in [0.15, 0.2) is 0 Å². The number of nitriles is 2. The zero-order valence-electron chi connectivity index (χ0n) is 7.37. The first-order valence-corrected chi connectivity index (χ1v) is 4.01. The van der Waals surface area contributed by atoms with E-state index >= 15 is 0 Å². The van der Waals surface area contributed by atoms with Crippen LogP contribution >= 0.6 is 0 Å². The number of nitrogens with zero attached hydrogens (tertiary/aromatic N) is 2. The van der Waals surface area contributed by atoms with Gasteiger partial charge in [0.05, 0.1) is 18.1 Å². The van der Waals surface area contributed by atoms with E-state index in [2.05, 4.69) is 0 Å². The molecule has 0 fully saturated rings. The summed E-state index contributed by atoms with van der Waals surface area (Å²) in [6.07, 6.45) is 0.0676. The Kier molecular flexibility index (Phi) is 3.17. The Balaban J connectivity index is 3.16. The average molecular weight is 189 g/mol. The first-order valence-electron chi connectivity index (χ1n) is 4.01. The van der Waals surface area contributed by atoms with Crippen molar-refractivity contribution in [3.05, 3.63) is 35.1 Å². The van der Waals surface area contributed by atoms with Gasteiger partial charge in [-0.2, -0.15) is 10.5 Å². The Morgan fingerprint density at radius 2 is 2.14 bits per heavy atom. The van der Waals surface area contributed by atoms with Crippen LogP contribution in [0.1, 0.15) is 23.6 Å². The molecule has 14 heavy (non-hydrogen) atoms. The van der Waals surface area contributed by atoms with Crippen LogP contribution in [0.4, 0.5) is 4.39 Å². The topological polar surface area (TPSA) is 73.6 Å². The Morgan fingerprint density at radius 1 is 1.43 bits per heavy atom. The third-order valence-electron chi connectivity index (χ3n) is 1.87. The van der Waals surface area contributed by atoms with Crippen molar-refractivity contribution in [1.82, 2.24) is 0 Å². The molecule has 3 nitrogen and oxygen atoms in total. The second-order valence-electron chi connectivity index (χ2n) is 2.78. The fourth-order valence-electron chi connectivity index (χ4n) is 1.18. The third-order valence-corrected chi connectivity index (χ3v) is 1.87. The Hall–Kier alpha value is -1.91. The molecule has 0 bridgehead atoms. The maximum absolute atomic E-state index is 13.1. The molecule has 1 unspecified atom stereocenters. The minimum absolute atomic E-state index is 0.0676. The summed E-state index contributed by atoms with van der Waals surface area (Å²) in [7, 11) is 0. The van der Waals surface area contributed by atoms with E-state index in [0.29, 0.717) is 5.56 Å². The van der Waals surface area contributed by atoms with Crippen molar-refractivity contribution in [3.63, 3.8) is 0 Å². The third kappa shape index (κ3) is 1.87. The summed E-state index contributed by atoms with van der Waals surface area (Å²) in [5, 5.41) is 17.1. The molecular formula is C10H8FN3. The zero-order chi connectivity index (χ0) is 10.6. The van der Waals surface area contributed by atoms with Gasteiger partial charge in [-0.15, -0.1) is 0 Å². The lowest BCUT2D eigenvalue weighted by atomic mass is 9.99. The number of rotatable bonds is 2. The molecule has 0 spiro atoms. The van der Waals surface area contributed by atoms with Crippen LogP contribution in [-0.2, 0) is 0 Å². The molecule has 0 aliphatic heterocycles. The van der Waals surface area contributed by atoms with Gasteiger partial charge in [0.25, 0.3) is 0 Å². The predicted octanol–water partition coefficient (Wildman–Crippen LogP) is 1.61. The van der Waals surface area contributed by atoms with Gasteiger partial charge in [-0.1, -0.05) is 12.1 Å². The second kappa shape index (κ2) is 4.36. The van der Waals surface area contributed by atoms with Crippen molar-refractivity contribution >= 4 is 0 Å². The summed E-state index contributed by atoms with van der Waals surface area (Å²) < 4.78 is 13.1. The van der Waals surface area contributed by atoms with Crippen LogP contribution in [0.5, 0.6) is 0 Å². The average Bonchev–Trinajstić information content (AvgIpc) is 2.17. The molecule has 0 heterocycles. The number of hydrogen-bond acceptors (Lipinski definition) is 3. The highest BCUT2D eigenvalue weighted by Crippen LogP contribution is 2.20. The molecule has 1 aromatic rings. The SMILES string of the molecule is N#CCC(N)c1cccc(F)c1C#N. The molecule has 1 atom stereocenters. The Labute approximate surface area is 81.2 Å². The minimum atomic E-state index is -0.606. The van der Waals surface area contributed by atoms with Crippen LogP contribution in [0.3, 0.4) is 0 Å². The Bertz CT molecular complexity index is 414. The van der Waals surface area contributed by atoms with Crippen LogP contribution in [0.15, 0.2) is 18.2 Å². The van der Waals surface area contributed by atoms with E-state index in [0.717, 1.165) is 0 Å². The van der Waals surface area contributed by atoms with E-state index in [4.69, 9.17) is 16.3 Å². The lowest BCUT2D eigenvalue weighted by Crippen LogP contribution is -2.11. The van der Waals surface area contributed by atoms with Gasteiger partial charge < -0.3 is 5.73 Å². The number of nitrogens with two attached hydrogens (primary N) is 1. The van der Waals surface area contributed by atoms with Gasteiger partial charge in [-0.25, -0.2) is 4.39 Å². The molecule has 70 valence electrons. The first-order chi connectivity index (χ1) is 6.70. The van der Waals surface area contributed by atoms with Crippen LogP contribution in [0, 0.1) is 28.5 Å². The predicted molar refractivity (Wildman–Crippen MR) is 48.3 cm³/mol. The fourth-order valence-corrected chi connectivity index (χ4v) is 1.18. The number of halogens is 1. The molecule has 0 aromatic heterocycles. The molecule has 2 N–H and O–H groups in total. The number of hydrogen-bond donors (Lipinski definition) is 1. The summed E-state index contributed by atoms with van der Waals surface area (Å²) in [5.41, 5.74) is 5.92. The second-order valence-corrected chi connectivity index (χ2v) is 2.78. The van der Waals surface area contributed by atoms with Gasteiger partial charge in [0.2, 0.25) is 0 Å². The van der Waals surface area contributed by atoms with E-state index in [1.54, 1.807) is 12.1 Å². The van der Waals surface area contributed by atoms with Crippen LogP contribution < -0.4 is 5.73 Å². The van der Waals surface area contributed by atoms with Crippen molar-refractivity contribution in [1.29, 1.82) is 10.5 Å². The van der Waals surface area contributed by atoms with Gasteiger partial charge in [-0.3, -0.25) is 0 Å². The lowest BCUT2D eigenvalue weighted by Gasteiger charge is -2.09. The standard InChI is InChI=1S/C10H8FN3/c11-9-3-1-2-7(8(9)6-13)10(14)4-5-12/h1-3,10H,4,14H2. The van der Waals surface area contributed by atoms with Crippen LogP contribution in [0.25, 0.3) is 0 Å². The molecule has 0 saturated heterocycles. The fraction of sp³-hybridized carbons (Fsp3) is 0.200. The maximum Gasteiger partial charge on any atom is 0.141 e. The summed E-state index contributed by atoms with van der Waals surface area (Å²) in [5.74, 6) is -0.599. The van der Waals surface area contributed by atoms with Crippen molar-refractivity contribution in [2.45, 2.75) is 12.5 Å². The maximum atomic E-state index is 13.1. The first kappa shape index (κ1) is 10.2. The van der Waals surface area contributed by atoms with Gasteiger partial charge >= 0.3 is 0 Å². The van der Waals surface area contributed by atoms with E-state index in [1.807, 2.05) is 6.07 Å². The lowest BCUT2D eigenvalue weighted by molar-refractivity contribution is 0.615. The summed E-state index contributed by atoms with van der Waals surface area (Å²) in [6.45, 7) is 0. The molecular weight excluding hydrogens is 181 g/mol. The quantitative estimate of drug-likeness (QED) is 0.768. The normalized spacial score (nSPS) is 11.4. The van der Waals surface area contributed by atoms with Gasteiger partial charge in [-0.05, 0) is 11.6 Å². The zero-order valence-corrected chi connectivity index (χ0v) is 7.37. The molecule has 1 rings (SSSR count). The highest BCUT2D eigenvalue weighted by atomic mass is 19.1. The highest BCUT2D eigenvalue weighted by Gasteiger charge is 2.13. The van der Waals surface area contributed by atoms with Crippen molar-refractivity contribution in [3.8, 4) is 12.1 Å². The highest BCUT2D eigenvalue weighted by molar-refractivity contribution is 5.40. The van der Waals surface area contributed by atoms with Gasteiger partial charge in [0.1, 0.15) is 11.9 Å². The largest absolute Gasteiger partial charge is 0.323 e. The smallest absolute Gasteiger partial charge is 0.141 e. The van der Waals surface area contributed by atoms with Crippen molar-refractivity contribution in [2.24, 2.45) is 5.73 Å². The van der Waals surface area contributed by atoms with Crippen LogP contribution in [0.2, 0.25) is 0 Å². The van der Waals surface area contributed by atoms with Crippen molar-refractivity contribution < 1.29 is 4.39 Å². The van der Waals surface area contributed by atoms with Crippen LogP contribution in [-0.4, -0.2) is 0 Å².